The van der Waals surface area contributed by atoms with Gasteiger partial charge in [-0.1, -0.05) is 0 Å². The Balaban J connectivity index is 2.13. The van der Waals surface area contributed by atoms with Crippen LogP contribution < -0.4 is 5.32 Å². The topological polar surface area (TPSA) is 76.4 Å². The molecule has 19 heavy (non-hydrogen) atoms. The van der Waals surface area contributed by atoms with Crippen LogP contribution in [0.5, 0.6) is 0 Å². The van der Waals surface area contributed by atoms with E-state index in [0.29, 0.717) is 13.2 Å². The third-order valence-corrected chi connectivity index (χ3v) is 3.52. The number of ether oxygens (including phenoxy) is 1. The molecule has 0 aliphatic carbocycles. The van der Waals surface area contributed by atoms with E-state index in [1.807, 2.05) is 24.7 Å². The molecule has 1 aromatic rings. The second-order valence-corrected chi connectivity index (χ2v) is 4.77. The van der Waals surface area contributed by atoms with Gasteiger partial charge in [-0.2, -0.15) is 5.10 Å². The van der Waals surface area contributed by atoms with Crippen LogP contribution in [0.2, 0.25) is 0 Å². The first-order chi connectivity index (χ1) is 9.19. The number of esters is 1. The Morgan fingerprint density at radius 3 is 3.16 bits per heavy atom. The van der Waals surface area contributed by atoms with Crippen molar-refractivity contribution in [3.8, 4) is 0 Å². The fourth-order valence-electron chi connectivity index (χ4n) is 2.43. The number of carbonyl (C=O) groups excluding carboxylic acids is 1. The minimum atomic E-state index is -0.210. The minimum absolute atomic E-state index is 0.0156. The molecule has 0 aromatic carbocycles. The van der Waals surface area contributed by atoms with Crippen LogP contribution in [0.4, 0.5) is 5.82 Å². The normalized spacial score (nSPS) is 21.6. The van der Waals surface area contributed by atoms with Crippen molar-refractivity contribution in [1.29, 1.82) is 0 Å². The van der Waals surface area contributed by atoms with Gasteiger partial charge >= 0.3 is 5.97 Å². The molecule has 0 spiro atoms. The zero-order valence-corrected chi connectivity index (χ0v) is 11.4. The highest BCUT2D eigenvalue weighted by molar-refractivity contribution is 5.74. The van der Waals surface area contributed by atoms with Crippen LogP contribution in [-0.2, 0) is 16.0 Å². The van der Waals surface area contributed by atoms with Gasteiger partial charge in [-0.05, 0) is 26.7 Å². The predicted molar refractivity (Wildman–Crippen MR) is 71.0 cm³/mol. The maximum absolute atomic E-state index is 11.9. The fourth-order valence-corrected chi connectivity index (χ4v) is 2.43. The predicted octanol–water partition coefficient (Wildman–Crippen LogP) is 0.974. The van der Waals surface area contributed by atoms with Gasteiger partial charge in [-0.25, -0.2) is 4.68 Å². The van der Waals surface area contributed by atoms with Crippen molar-refractivity contribution < 1.29 is 14.6 Å². The Morgan fingerprint density at radius 1 is 1.68 bits per heavy atom. The first-order valence-electron chi connectivity index (χ1n) is 6.76. The molecule has 106 valence electrons. The van der Waals surface area contributed by atoms with E-state index in [4.69, 9.17) is 9.84 Å². The van der Waals surface area contributed by atoms with Crippen LogP contribution >= 0.6 is 0 Å². The van der Waals surface area contributed by atoms with Gasteiger partial charge in [0.25, 0.3) is 0 Å². The summed E-state index contributed by atoms with van der Waals surface area (Å²) in [4.78, 5) is 11.9. The summed E-state index contributed by atoms with van der Waals surface area (Å²) in [5.74, 6) is 0.570. The summed E-state index contributed by atoms with van der Waals surface area (Å²) >= 11 is 0. The van der Waals surface area contributed by atoms with Gasteiger partial charge < -0.3 is 15.2 Å². The number of aryl methyl sites for hydroxylation is 1. The lowest BCUT2D eigenvalue weighted by molar-refractivity contribution is -0.149. The number of aromatic nitrogens is 2. The molecule has 0 amide bonds. The average molecular weight is 267 g/mol. The van der Waals surface area contributed by atoms with Gasteiger partial charge in [0.05, 0.1) is 24.8 Å². The number of fused-ring (bicyclic) bond motifs is 1. The minimum Gasteiger partial charge on any atom is -0.466 e. The van der Waals surface area contributed by atoms with Crippen molar-refractivity contribution in [3.05, 3.63) is 11.8 Å². The van der Waals surface area contributed by atoms with Gasteiger partial charge in [0.2, 0.25) is 0 Å². The van der Waals surface area contributed by atoms with Crippen LogP contribution in [0.15, 0.2) is 6.20 Å². The van der Waals surface area contributed by atoms with Crippen molar-refractivity contribution >= 4 is 11.8 Å². The van der Waals surface area contributed by atoms with Crippen LogP contribution in [0, 0.1) is 5.92 Å². The number of hydrogen-bond acceptors (Lipinski definition) is 5. The van der Waals surface area contributed by atoms with Crippen LogP contribution in [0.25, 0.3) is 0 Å². The molecular formula is C13H21N3O3. The molecule has 0 radical (unpaired) electrons. The fraction of sp³-hybridized carbons (Fsp3) is 0.692. The summed E-state index contributed by atoms with van der Waals surface area (Å²) in [7, 11) is 0. The summed E-state index contributed by atoms with van der Waals surface area (Å²) in [5.41, 5.74) is 1.09. The summed E-state index contributed by atoms with van der Waals surface area (Å²) < 4.78 is 6.93. The van der Waals surface area contributed by atoms with E-state index < -0.39 is 0 Å². The SMILES string of the molecule is CCOC(=O)C1CNc2c(CCCO)cnn2C1C. The highest BCUT2D eigenvalue weighted by atomic mass is 16.5. The van der Waals surface area contributed by atoms with Crippen molar-refractivity contribution in [2.24, 2.45) is 5.92 Å². The van der Waals surface area contributed by atoms with Gasteiger partial charge in [0, 0.05) is 18.7 Å². The molecule has 0 bridgehead atoms. The number of hydrogen-bond donors (Lipinski definition) is 2. The summed E-state index contributed by atoms with van der Waals surface area (Å²) in [6.45, 7) is 4.93. The number of aliphatic hydroxyl groups excluding tert-OH is 1. The molecule has 1 aliphatic rings. The number of carbonyl (C=O) groups is 1. The molecule has 2 rings (SSSR count). The summed E-state index contributed by atoms with van der Waals surface area (Å²) in [5, 5.41) is 16.5. The van der Waals surface area contributed by atoms with E-state index in [2.05, 4.69) is 10.4 Å². The third kappa shape index (κ3) is 2.73. The molecule has 2 N–H and O–H groups in total. The van der Waals surface area contributed by atoms with Crippen LogP contribution in [-0.4, -0.2) is 40.6 Å². The molecule has 6 heteroatoms. The Bertz CT molecular complexity index is 444. The molecule has 0 fully saturated rings. The van der Waals surface area contributed by atoms with Crippen molar-refractivity contribution in [2.45, 2.75) is 32.7 Å². The highest BCUT2D eigenvalue weighted by Crippen LogP contribution is 2.31. The number of aliphatic hydroxyl groups is 1. The molecule has 0 saturated carbocycles. The smallest absolute Gasteiger partial charge is 0.312 e. The first kappa shape index (κ1) is 13.9. The maximum atomic E-state index is 11.9. The number of anilines is 1. The molecule has 6 nitrogen and oxygen atoms in total. The second kappa shape index (κ2) is 6.06. The van der Waals surface area contributed by atoms with Gasteiger partial charge in [-0.15, -0.1) is 0 Å². The second-order valence-electron chi connectivity index (χ2n) is 4.77. The average Bonchev–Trinajstić information content (AvgIpc) is 2.81. The van der Waals surface area contributed by atoms with Crippen molar-refractivity contribution in [3.63, 3.8) is 0 Å². The van der Waals surface area contributed by atoms with E-state index in [1.165, 1.54) is 0 Å². The zero-order chi connectivity index (χ0) is 13.8. The Hall–Kier alpha value is -1.56. The largest absolute Gasteiger partial charge is 0.466 e. The van der Waals surface area contributed by atoms with Crippen molar-refractivity contribution in [1.82, 2.24) is 9.78 Å². The standard InChI is InChI=1S/C13H21N3O3/c1-3-19-13(18)11-8-14-12-10(5-4-6-17)7-15-16(12)9(11)2/h7,9,11,14,17H,3-6,8H2,1-2H3. The lowest BCUT2D eigenvalue weighted by Crippen LogP contribution is -2.37. The van der Waals surface area contributed by atoms with Gasteiger partial charge in [0.1, 0.15) is 5.82 Å². The monoisotopic (exact) mass is 267 g/mol. The molecule has 2 heterocycles. The van der Waals surface area contributed by atoms with Gasteiger partial charge in [0.15, 0.2) is 0 Å². The quantitative estimate of drug-likeness (QED) is 0.778. The van der Waals surface area contributed by atoms with E-state index >= 15 is 0 Å². The highest BCUT2D eigenvalue weighted by Gasteiger charge is 2.34. The zero-order valence-electron chi connectivity index (χ0n) is 11.4. The third-order valence-electron chi connectivity index (χ3n) is 3.52. The van der Waals surface area contributed by atoms with E-state index in [1.54, 1.807) is 0 Å². The molecular weight excluding hydrogens is 246 g/mol. The molecule has 2 unspecified atom stereocenters. The Labute approximate surface area is 112 Å². The lowest BCUT2D eigenvalue weighted by Gasteiger charge is -2.30. The van der Waals surface area contributed by atoms with Crippen LogP contribution in [0.3, 0.4) is 0 Å². The number of nitrogens with zero attached hydrogens (tertiary/aromatic N) is 2. The van der Waals surface area contributed by atoms with Crippen molar-refractivity contribution in [2.75, 3.05) is 25.1 Å². The number of nitrogens with one attached hydrogen (secondary N) is 1. The maximum Gasteiger partial charge on any atom is 0.312 e. The summed E-state index contributed by atoms with van der Waals surface area (Å²) in [6.07, 6.45) is 3.31. The van der Waals surface area contributed by atoms with Crippen LogP contribution in [0.1, 0.15) is 31.9 Å². The number of rotatable bonds is 5. The van der Waals surface area contributed by atoms with E-state index in [-0.39, 0.29) is 24.5 Å². The van der Waals surface area contributed by atoms with Gasteiger partial charge in [-0.3, -0.25) is 4.79 Å². The summed E-state index contributed by atoms with van der Waals surface area (Å²) in [6, 6.07) is -0.0156. The Kier molecular flexibility index (Phi) is 4.42. The molecule has 0 saturated heterocycles. The Morgan fingerprint density at radius 2 is 2.47 bits per heavy atom. The molecule has 1 aliphatic heterocycles. The van der Waals surface area contributed by atoms with E-state index in [0.717, 1.165) is 24.2 Å². The lowest BCUT2D eigenvalue weighted by atomic mass is 9.99. The molecule has 1 aromatic heterocycles. The first-order valence-corrected chi connectivity index (χ1v) is 6.76. The molecule has 2 atom stereocenters. The van der Waals surface area contributed by atoms with E-state index in [9.17, 15) is 4.79 Å².